The second-order valence-electron chi connectivity index (χ2n) is 4.48. The number of hydrogen-bond donors (Lipinski definition) is 0. The zero-order valence-electron chi connectivity index (χ0n) is 7.93. The summed E-state index contributed by atoms with van der Waals surface area (Å²) in [6.45, 7) is 6.57. The molecule has 0 aromatic rings. The van der Waals surface area contributed by atoms with Crippen molar-refractivity contribution in [3.63, 3.8) is 0 Å². The summed E-state index contributed by atoms with van der Waals surface area (Å²) >= 11 is 0. The summed E-state index contributed by atoms with van der Waals surface area (Å²) in [6.07, 6.45) is 0. The number of likely N-dealkylation sites (tertiary alicyclic amines) is 1. The number of carbonyl (C=O) groups is 1. The van der Waals surface area contributed by atoms with Crippen molar-refractivity contribution in [1.82, 2.24) is 4.90 Å². The fraction of sp³-hybridized carbons (Fsp3) is 0.889. The van der Waals surface area contributed by atoms with Crippen LogP contribution in [0.5, 0.6) is 0 Å². The van der Waals surface area contributed by atoms with Crippen molar-refractivity contribution in [3.05, 3.63) is 0 Å². The second kappa shape index (κ2) is 3.04. The Labute approximate surface area is 72.7 Å². The maximum atomic E-state index is 12.0. The molecule has 70 valence electrons. The number of alkyl halides is 1. The summed E-state index contributed by atoms with van der Waals surface area (Å²) < 4.78 is 12.0. The minimum Gasteiger partial charge on any atom is -0.341 e. The van der Waals surface area contributed by atoms with Crippen LogP contribution in [0, 0.1) is 11.3 Å². The molecule has 2 nitrogen and oxygen atoms in total. The van der Waals surface area contributed by atoms with Gasteiger partial charge in [-0.05, 0) is 0 Å². The van der Waals surface area contributed by atoms with Gasteiger partial charge in [-0.25, -0.2) is 0 Å². The fourth-order valence-corrected chi connectivity index (χ4v) is 1.31. The Balaban J connectivity index is 2.39. The standard InChI is InChI=1S/C9H16FNO/c1-9(2,3)8(12)11-5-7(4-10)6-11/h7H,4-6H2,1-3H3. The number of hydrogen-bond acceptors (Lipinski definition) is 1. The summed E-state index contributed by atoms with van der Waals surface area (Å²) in [7, 11) is 0. The number of nitrogens with zero attached hydrogens (tertiary/aromatic N) is 1. The van der Waals surface area contributed by atoms with E-state index < -0.39 is 0 Å². The lowest BCUT2D eigenvalue weighted by Crippen LogP contribution is -2.54. The van der Waals surface area contributed by atoms with Gasteiger partial charge in [0.05, 0.1) is 6.67 Å². The van der Waals surface area contributed by atoms with E-state index in [1.807, 2.05) is 20.8 Å². The van der Waals surface area contributed by atoms with E-state index in [1.54, 1.807) is 4.90 Å². The van der Waals surface area contributed by atoms with E-state index in [0.717, 1.165) is 0 Å². The summed E-state index contributed by atoms with van der Waals surface area (Å²) in [5.41, 5.74) is -0.318. The van der Waals surface area contributed by atoms with Crippen LogP contribution in [0.15, 0.2) is 0 Å². The number of rotatable bonds is 1. The average molecular weight is 173 g/mol. The van der Waals surface area contributed by atoms with Gasteiger partial charge in [0.25, 0.3) is 0 Å². The third-order valence-electron chi connectivity index (χ3n) is 2.10. The highest BCUT2D eigenvalue weighted by atomic mass is 19.1. The summed E-state index contributed by atoms with van der Waals surface area (Å²) in [4.78, 5) is 13.2. The van der Waals surface area contributed by atoms with Crippen LogP contribution in [0.1, 0.15) is 20.8 Å². The second-order valence-corrected chi connectivity index (χ2v) is 4.48. The zero-order chi connectivity index (χ0) is 9.35. The normalized spacial score (nSPS) is 19.2. The van der Waals surface area contributed by atoms with Crippen molar-refractivity contribution in [2.75, 3.05) is 19.8 Å². The van der Waals surface area contributed by atoms with Gasteiger partial charge in [0.2, 0.25) is 5.91 Å². The first kappa shape index (κ1) is 9.49. The van der Waals surface area contributed by atoms with Crippen molar-refractivity contribution in [3.8, 4) is 0 Å². The number of carbonyl (C=O) groups excluding carboxylic acids is 1. The highest BCUT2D eigenvalue weighted by Gasteiger charge is 2.35. The van der Waals surface area contributed by atoms with Gasteiger partial charge in [-0.15, -0.1) is 0 Å². The van der Waals surface area contributed by atoms with Crippen LogP contribution >= 0.6 is 0 Å². The summed E-state index contributed by atoms with van der Waals surface area (Å²) in [6, 6.07) is 0. The average Bonchev–Trinajstić information content (AvgIpc) is 1.83. The largest absolute Gasteiger partial charge is 0.341 e. The highest BCUT2D eigenvalue weighted by Crippen LogP contribution is 2.24. The Bertz CT molecular complexity index is 179. The third kappa shape index (κ3) is 1.76. The molecule has 0 aromatic carbocycles. The third-order valence-corrected chi connectivity index (χ3v) is 2.10. The van der Waals surface area contributed by atoms with Gasteiger partial charge in [0.1, 0.15) is 0 Å². The Morgan fingerprint density at radius 3 is 2.33 bits per heavy atom. The molecule has 1 aliphatic rings. The first-order chi connectivity index (χ1) is 5.45. The topological polar surface area (TPSA) is 20.3 Å². The van der Waals surface area contributed by atoms with Crippen LogP contribution in [-0.2, 0) is 4.79 Å². The van der Waals surface area contributed by atoms with Crippen LogP contribution in [0.25, 0.3) is 0 Å². The van der Waals surface area contributed by atoms with Gasteiger partial charge in [-0.3, -0.25) is 9.18 Å². The van der Waals surface area contributed by atoms with E-state index in [1.165, 1.54) is 0 Å². The van der Waals surface area contributed by atoms with Crippen molar-refractivity contribution in [2.24, 2.45) is 11.3 Å². The number of halogens is 1. The highest BCUT2D eigenvalue weighted by molar-refractivity contribution is 5.82. The van der Waals surface area contributed by atoms with Crippen LogP contribution in [0.2, 0.25) is 0 Å². The molecule has 0 aromatic heterocycles. The smallest absolute Gasteiger partial charge is 0.227 e. The molecule has 3 heteroatoms. The molecule has 12 heavy (non-hydrogen) atoms. The fourth-order valence-electron chi connectivity index (χ4n) is 1.31. The van der Waals surface area contributed by atoms with Crippen molar-refractivity contribution in [1.29, 1.82) is 0 Å². The predicted molar refractivity (Wildman–Crippen MR) is 45.5 cm³/mol. The number of amides is 1. The monoisotopic (exact) mass is 173 g/mol. The van der Waals surface area contributed by atoms with Crippen molar-refractivity contribution < 1.29 is 9.18 Å². The molecule has 1 heterocycles. The van der Waals surface area contributed by atoms with E-state index in [0.29, 0.717) is 13.1 Å². The SMILES string of the molecule is CC(C)(C)C(=O)N1CC(CF)C1. The molecular formula is C9H16FNO. The molecule has 1 amide bonds. The molecule has 0 N–H and O–H groups in total. The minimum atomic E-state index is -0.318. The first-order valence-corrected chi connectivity index (χ1v) is 4.30. The van der Waals surface area contributed by atoms with Crippen LogP contribution in [0.3, 0.4) is 0 Å². The molecule has 0 aliphatic carbocycles. The molecule has 0 bridgehead atoms. The molecular weight excluding hydrogens is 157 g/mol. The Morgan fingerprint density at radius 1 is 1.50 bits per heavy atom. The molecule has 0 saturated carbocycles. The molecule has 1 rings (SSSR count). The van der Waals surface area contributed by atoms with E-state index in [9.17, 15) is 9.18 Å². The maximum Gasteiger partial charge on any atom is 0.227 e. The summed E-state index contributed by atoms with van der Waals surface area (Å²) in [5.74, 6) is 0.225. The molecule has 0 unspecified atom stereocenters. The Kier molecular flexibility index (Phi) is 2.40. The first-order valence-electron chi connectivity index (χ1n) is 4.30. The van der Waals surface area contributed by atoms with E-state index in [2.05, 4.69) is 0 Å². The molecule has 0 atom stereocenters. The van der Waals surface area contributed by atoms with E-state index in [4.69, 9.17) is 0 Å². The molecule has 1 fully saturated rings. The Morgan fingerprint density at radius 2 is 2.00 bits per heavy atom. The van der Waals surface area contributed by atoms with Crippen LogP contribution < -0.4 is 0 Å². The van der Waals surface area contributed by atoms with Gasteiger partial charge in [0, 0.05) is 24.4 Å². The lowest BCUT2D eigenvalue weighted by atomic mass is 9.91. The van der Waals surface area contributed by atoms with Gasteiger partial charge >= 0.3 is 0 Å². The van der Waals surface area contributed by atoms with Gasteiger partial charge < -0.3 is 4.90 Å². The van der Waals surface area contributed by atoms with E-state index in [-0.39, 0.29) is 23.9 Å². The van der Waals surface area contributed by atoms with Crippen molar-refractivity contribution in [2.45, 2.75) is 20.8 Å². The van der Waals surface area contributed by atoms with Crippen LogP contribution in [-0.4, -0.2) is 30.6 Å². The van der Waals surface area contributed by atoms with Gasteiger partial charge in [-0.1, -0.05) is 20.8 Å². The lowest BCUT2D eigenvalue weighted by molar-refractivity contribution is -0.146. The van der Waals surface area contributed by atoms with E-state index >= 15 is 0 Å². The maximum absolute atomic E-state index is 12.0. The quantitative estimate of drug-likeness (QED) is 0.588. The van der Waals surface area contributed by atoms with Crippen LogP contribution in [0.4, 0.5) is 4.39 Å². The minimum absolute atomic E-state index is 0.0938. The summed E-state index contributed by atoms with van der Waals surface area (Å²) in [5, 5.41) is 0. The van der Waals surface area contributed by atoms with Crippen molar-refractivity contribution >= 4 is 5.91 Å². The van der Waals surface area contributed by atoms with Gasteiger partial charge in [-0.2, -0.15) is 0 Å². The van der Waals surface area contributed by atoms with Gasteiger partial charge in [0.15, 0.2) is 0 Å². The molecule has 0 radical (unpaired) electrons. The Hall–Kier alpha value is -0.600. The molecule has 1 aliphatic heterocycles. The molecule has 0 spiro atoms. The predicted octanol–water partition coefficient (Wildman–Crippen LogP) is 1.46. The lowest BCUT2D eigenvalue weighted by Gasteiger charge is -2.41. The molecule has 1 saturated heterocycles. The zero-order valence-corrected chi connectivity index (χ0v) is 7.93.